The summed E-state index contributed by atoms with van der Waals surface area (Å²) in [5, 5.41) is 13.1. The molecule has 0 bridgehead atoms. The molecule has 0 fully saturated rings. The van der Waals surface area contributed by atoms with Crippen molar-refractivity contribution in [3.05, 3.63) is 34.1 Å². The van der Waals surface area contributed by atoms with E-state index in [0.29, 0.717) is 19.0 Å². The molecule has 0 aliphatic carbocycles. The first-order valence-corrected chi connectivity index (χ1v) is 7.20. The van der Waals surface area contributed by atoms with Crippen LogP contribution in [-0.4, -0.2) is 17.8 Å². The monoisotopic (exact) mass is 317 g/mol. The van der Waals surface area contributed by atoms with Gasteiger partial charge >= 0.3 is 0 Å². The van der Waals surface area contributed by atoms with Gasteiger partial charge in [0, 0.05) is 17.6 Å². The molecule has 102 valence electrons. The van der Waals surface area contributed by atoms with E-state index in [0.717, 1.165) is 22.9 Å². The maximum atomic E-state index is 13.1. The Kier molecular flexibility index (Phi) is 6.82. The van der Waals surface area contributed by atoms with E-state index >= 15 is 0 Å². The van der Waals surface area contributed by atoms with E-state index in [4.69, 9.17) is 0 Å². The third-order valence-corrected chi connectivity index (χ3v) is 4.04. The Hall–Kier alpha value is -0.450. The van der Waals surface area contributed by atoms with Crippen molar-refractivity contribution in [3.63, 3.8) is 0 Å². The Balaban J connectivity index is 2.44. The van der Waals surface area contributed by atoms with Gasteiger partial charge in [0.1, 0.15) is 5.82 Å². The maximum absolute atomic E-state index is 13.1. The van der Waals surface area contributed by atoms with Gasteiger partial charge in [0.25, 0.3) is 0 Å². The van der Waals surface area contributed by atoms with Crippen LogP contribution >= 0.6 is 15.9 Å². The zero-order valence-corrected chi connectivity index (χ0v) is 12.5. The van der Waals surface area contributed by atoms with Gasteiger partial charge in [0.15, 0.2) is 0 Å². The highest BCUT2D eigenvalue weighted by Crippen LogP contribution is 2.18. The molecule has 18 heavy (non-hydrogen) atoms. The topological polar surface area (TPSA) is 32.3 Å². The van der Waals surface area contributed by atoms with Gasteiger partial charge in [-0.2, -0.15) is 0 Å². The van der Waals surface area contributed by atoms with Crippen molar-refractivity contribution in [2.24, 2.45) is 5.92 Å². The minimum atomic E-state index is -0.340. The van der Waals surface area contributed by atoms with Crippen LogP contribution in [0.3, 0.4) is 0 Å². The van der Waals surface area contributed by atoms with Crippen LogP contribution in [0.4, 0.5) is 4.39 Å². The molecule has 0 radical (unpaired) electrons. The number of benzene rings is 1. The fourth-order valence-electron chi connectivity index (χ4n) is 2.03. The van der Waals surface area contributed by atoms with Crippen LogP contribution in [0.25, 0.3) is 0 Å². The highest BCUT2D eigenvalue weighted by Gasteiger charge is 2.14. The van der Waals surface area contributed by atoms with Crippen LogP contribution < -0.4 is 5.32 Å². The molecule has 1 aromatic carbocycles. The van der Waals surface area contributed by atoms with Gasteiger partial charge in [-0.05, 0) is 29.7 Å². The van der Waals surface area contributed by atoms with Crippen molar-refractivity contribution in [2.75, 3.05) is 6.54 Å². The highest BCUT2D eigenvalue weighted by atomic mass is 79.9. The Morgan fingerprint density at radius 1 is 1.33 bits per heavy atom. The number of aliphatic hydroxyl groups excluding tert-OH is 1. The lowest BCUT2D eigenvalue weighted by Gasteiger charge is -2.20. The molecule has 0 aliphatic heterocycles. The summed E-state index contributed by atoms with van der Waals surface area (Å²) in [4.78, 5) is 0. The number of rotatable bonds is 7. The van der Waals surface area contributed by atoms with Crippen LogP contribution in [0.5, 0.6) is 0 Å². The first-order chi connectivity index (χ1) is 8.58. The van der Waals surface area contributed by atoms with Crippen LogP contribution in [0.1, 0.15) is 32.3 Å². The van der Waals surface area contributed by atoms with Crippen molar-refractivity contribution < 1.29 is 9.50 Å². The predicted molar refractivity (Wildman–Crippen MR) is 75.9 cm³/mol. The first kappa shape index (κ1) is 15.6. The van der Waals surface area contributed by atoms with Gasteiger partial charge in [-0.1, -0.05) is 42.6 Å². The summed E-state index contributed by atoms with van der Waals surface area (Å²) in [6, 6.07) is 4.62. The number of hydrogen-bond acceptors (Lipinski definition) is 2. The Labute approximate surface area is 117 Å². The molecule has 1 aromatic rings. The van der Waals surface area contributed by atoms with E-state index < -0.39 is 0 Å². The van der Waals surface area contributed by atoms with Gasteiger partial charge in [-0.25, -0.2) is 4.39 Å². The summed E-state index contributed by atoms with van der Waals surface area (Å²) < 4.78 is 14.0. The van der Waals surface area contributed by atoms with E-state index in [2.05, 4.69) is 35.1 Å². The van der Waals surface area contributed by atoms with Crippen LogP contribution in [0, 0.1) is 11.7 Å². The molecule has 1 atom stereocenters. The minimum absolute atomic E-state index is 0.240. The molecule has 0 heterocycles. The van der Waals surface area contributed by atoms with Crippen molar-refractivity contribution in [1.82, 2.24) is 5.32 Å². The summed E-state index contributed by atoms with van der Waals surface area (Å²) >= 11 is 3.38. The number of nitrogens with one attached hydrogen (secondary N) is 1. The second kappa shape index (κ2) is 7.87. The van der Waals surface area contributed by atoms with E-state index in [1.54, 1.807) is 6.07 Å². The summed E-state index contributed by atoms with van der Waals surface area (Å²) in [5.74, 6) is 0.0870. The molecule has 0 spiro atoms. The molecule has 0 amide bonds. The van der Waals surface area contributed by atoms with E-state index in [1.807, 2.05) is 0 Å². The molecule has 1 rings (SSSR count). The quantitative estimate of drug-likeness (QED) is 0.807. The fourth-order valence-corrected chi connectivity index (χ4v) is 2.42. The molecular formula is C14H21BrFNO. The second-order valence-corrected chi connectivity index (χ2v) is 5.36. The van der Waals surface area contributed by atoms with Gasteiger partial charge < -0.3 is 10.4 Å². The van der Waals surface area contributed by atoms with Crippen LogP contribution in [0.2, 0.25) is 0 Å². The zero-order chi connectivity index (χ0) is 13.5. The Morgan fingerprint density at radius 3 is 2.61 bits per heavy atom. The maximum Gasteiger partial charge on any atom is 0.123 e. The lowest BCUT2D eigenvalue weighted by molar-refractivity contribution is 0.101. The predicted octanol–water partition coefficient (Wildman–Crippen LogP) is 3.47. The normalized spacial score (nSPS) is 13.0. The summed E-state index contributed by atoms with van der Waals surface area (Å²) in [6.45, 7) is 5.26. The van der Waals surface area contributed by atoms with Crippen LogP contribution in [0.15, 0.2) is 22.7 Å². The average Bonchev–Trinajstić information content (AvgIpc) is 2.35. The Morgan fingerprint density at radius 2 is 2.00 bits per heavy atom. The van der Waals surface area contributed by atoms with Crippen molar-refractivity contribution >= 4 is 15.9 Å². The first-order valence-electron chi connectivity index (χ1n) is 6.41. The van der Waals surface area contributed by atoms with Crippen molar-refractivity contribution in [2.45, 2.75) is 39.3 Å². The lowest BCUT2D eigenvalue weighted by Crippen LogP contribution is -2.32. The van der Waals surface area contributed by atoms with E-state index in [9.17, 15) is 9.50 Å². The molecule has 0 saturated heterocycles. The van der Waals surface area contributed by atoms with Crippen molar-refractivity contribution in [1.29, 1.82) is 0 Å². The van der Waals surface area contributed by atoms with E-state index in [-0.39, 0.29) is 11.9 Å². The van der Waals surface area contributed by atoms with Gasteiger partial charge in [0.05, 0.1) is 6.10 Å². The molecule has 0 saturated carbocycles. The standard InChI is InChI=1S/C14H21BrFNO/c1-3-10(4-2)14(18)9-17-8-11-7-12(16)5-6-13(11)15/h5-7,10,14,17-18H,3-4,8-9H2,1-2H3. The highest BCUT2D eigenvalue weighted by molar-refractivity contribution is 9.10. The molecule has 1 unspecified atom stereocenters. The van der Waals surface area contributed by atoms with Gasteiger partial charge in [-0.15, -0.1) is 0 Å². The zero-order valence-electron chi connectivity index (χ0n) is 10.9. The molecule has 4 heteroatoms. The lowest BCUT2D eigenvalue weighted by atomic mass is 9.96. The smallest absolute Gasteiger partial charge is 0.123 e. The van der Waals surface area contributed by atoms with Crippen molar-refractivity contribution in [3.8, 4) is 0 Å². The van der Waals surface area contributed by atoms with Gasteiger partial charge in [0.2, 0.25) is 0 Å². The fraction of sp³-hybridized carbons (Fsp3) is 0.571. The SMILES string of the molecule is CCC(CC)C(O)CNCc1cc(F)ccc1Br. The largest absolute Gasteiger partial charge is 0.392 e. The molecular weight excluding hydrogens is 297 g/mol. The Bertz CT molecular complexity index is 369. The molecule has 0 aliphatic rings. The average molecular weight is 318 g/mol. The van der Waals surface area contributed by atoms with Crippen LogP contribution in [-0.2, 0) is 6.54 Å². The third-order valence-electron chi connectivity index (χ3n) is 3.27. The minimum Gasteiger partial charge on any atom is -0.392 e. The summed E-state index contributed by atoms with van der Waals surface area (Å²) in [5.41, 5.74) is 0.867. The summed E-state index contributed by atoms with van der Waals surface area (Å²) in [7, 11) is 0. The number of aliphatic hydroxyl groups is 1. The second-order valence-electron chi connectivity index (χ2n) is 4.51. The van der Waals surface area contributed by atoms with Gasteiger partial charge in [-0.3, -0.25) is 0 Å². The number of hydrogen-bond donors (Lipinski definition) is 2. The van der Waals surface area contributed by atoms with E-state index in [1.165, 1.54) is 12.1 Å². The summed E-state index contributed by atoms with van der Waals surface area (Å²) in [6.07, 6.45) is 1.61. The number of halogens is 2. The molecule has 2 N–H and O–H groups in total. The third kappa shape index (κ3) is 4.67. The molecule has 0 aromatic heterocycles. The molecule has 2 nitrogen and oxygen atoms in total.